The molecule has 0 radical (unpaired) electrons. The van der Waals surface area contributed by atoms with E-state index in [9.17, 15) is 0 Å². The summed E-state index contributed by atoms with van der Waals surface area (Å²) in [4.78, 5) is 2.61. The summed E-state index contributed by atoms with van der Waals surface area (Å²) in [5, 5.41) is 3.83. The molecule has 4 heterocycles. The van der Waals surface area contributed by atoms with Gasteiger partial charge in [-0.05, 0) is 128 Å². The van der Waals surface area contributed by atoms with Gasteiger partial charge in [-0.2, -0.15) is 0 Å². The Hall–Kier alpha value is -7.04. The van der Waals surface area contributed by atoms with Gasteiger partial charge in [0.1, 0.15) is 0 Å². The summed E-state index contributed by atoms with van der Waals surface area (Å²) in [6.45, 7) is 23.3. The second kappa shape index (κ2) is 14.5. The molecule has 0 unspecified atom stereocenters. The fraction of sp³-hybridized carbons (Fsp3) is 0.206. The molecule has 0 saturated heterocycles. The highest BCUT2D eigenvalue weighted by molar-refractivity contribution is 6.90. The highest BCUT2D eigenvalue weighted by atomic mass is 15.2. The number of hydrogen-bond acceptors (Lipinski definition) is 1. The van der Waals surface area contributed by atoms with Crippen LogP contribution in [0.4, 0.5) is 17.1 Å². The minimum absolute atomic E-state index is 0.0223. The van der Waals surface area contributed by atoms with Gasteiger partial charge in [-0.15, -0.1) is 0 Å². The molecule has 0 bridgehead atoms. The van der Waals surface area contributed by atoms with Crippen LogP contribution in [0.1, 0.15) is 84.6 Å². The van der Waals surface area contributed by atoms with Gasteiger partial charge >= 0.3 is 6.85 Å². The number of anilines is 3. The maximum absolute atomic E-state index is 2.78. The Morgan fingerprint density at radius 3 is 1.73 bits per heavy atom. The lowest BCUT2D eigenvalue weighted by molar-refractivity contribution is 0.589. The Kier molecular flexibility index (Phi) is 8.95. The zero-order valence-corrected chi connectivity index (χ0v) is 40.6. The lowest BCUT2D eigenvalue weighted by Crippen LogP contribution is -2.57. The second-order valence-electron chi connectivity index (χ2n) is 22.3. The van der Waals surface area contributed by atoms with Crippen molar-refractivity contribution in [3.8, 4) is 39.2 Å². The first-order valence-electron chi connectivity index (χ1n) is 24.1. The molecule has 10 aromatic rings. The van der Waals surface area contributed by atoms with E-state index >= 15 is 0 Å². The molecule has 0 aliphatic carbocycles. The molecular formula is C63H58BN3. The zero-order chi connectivity index (χ0) is 46.3. The molecule has 2 aromatic heterocycles. The van der Waals surface area contributed by atoms with Crippen LogP contribution in [0.25, 0.3) is 71.9 Å². The van der Waals surface area contributed by atoms with E-state index in [-0.39, 0.29) is 23.1 Å². The summed E-state index contributed by atoms with van der Waals surface area (Å²) in [5.74, 6) is 0. The molecule has 3 nitrogen and oxygen atoms in total. The van der Waals surface area contributed by atoms with Crippen molar-refractivity contribution in [3.05, 3.63) is 192 Å². The number of rotatable bonds is 4. The van der Waals surface area contributed by atoms with Crippen LogP contribution in [0.2, 0.25) is 0 Å². The highest BCUT2D eigenvalue weighted by Crippen LogP contribution is 2.52. The average Bonchev–Trinajstić information content (AvgIpc) is 3.82. The van der Waals surface area contributed by atoms with Gasteiger partial charge in [0, 0.05) is 61.2 Å². The van der Waals surface area contributed by atoms with Crippen LogP contribution in [0.5, 0.6) is 0 Å². The lowest BCUT2D eigenvalue weighted by atomic mass is 9.44. The molecule has 0 amide bonds. The summed E-state index contributed by atoms with van der Waals surface area (Å²) < 4.78 is 5.25. The largest absolute Gasteiger partial charge is 0.375 e. The average molecular weight is 868 g/mol. The maximum atomic E-state index is 2.78. The van der Waals surface area contributed by atoms with E-state index in [1.165, 1.54) is 116 Å². The van der Waals surface area contributed by atoms with Gasteiger partial charge in [0.2, 0.25) is 0 Å². The fourth-order valence-electron chi connectivity index (χ4n) is 11.3. The molecule has 8 aromatic carbocycles. The number of aryl methyl sites for hydroxylation is 1. The first-order chi connectivity index (χ1) is 32.1. The van der Waals surface area contributed by atoms with Gasteiger partial charge in [0.05, 0.1) is 11.0 Å². The van der Waals surface area contributed by atoms with Crippen molar-refractivity contribution in [2.24, 2.45) is 0 Å². The first-order valence-corrected chi connectivity index (χ1v) is 24.1. The Bertz CT molecular complexity index is 3620. The molecular weight excluding hydrogens is 810 g/mol. The molecule has 0 N–H and O–H groups in total. The SMILES string of the molecule is Cc1ccccc1-c1c(-c2ccccc2)n2c3c(cc(C(C)(C)C)cc13)-c1cc(C(C)(C)C)cc3c1B2c1cc2c4ccccc4n(-c4ccccc4)c2cc1N3c1ccc(C(C)(C)C)cc1. The number of aromatic nitrogens is 2. The molecule has 0 fully saturated rings. The molecule has 0 saturated carbocycles. The molecule has 4 heteroatoms. The van der Waals surface area contributed by atoms with Crippen molar-refractivity contribution < 1.29 is 0 Å². The molecule has 0 atom stereocenters. The van der Waals surface area contributed by atoms with Crippen LogP contribution in [0.15, 0.2) is 170 Å². The molecule has 2 aliphatic rings. The van der Waals surface area contributed by atoms with Crippen molar-refractivity contribution in [1.82, 2.24) is 9.05 Å². The summed E-state index contributed by atoms with van der Waals surface area (Å²) >= 11 is 0. The van der Waals surface area contributed by atoms with E-state index in [1.807, 2.05) is 0 Å². The Balaban J connectivity index is 1.31. The number of fused-ring (bicyclic) bond motifs is 7. The van der Waals surface area contributed by atoms with E-state index in [2.05, 4.69) is 253 Å². The Labute approximate surface area is 396 Å². The smallest absolute Gasteiger partial charge is 0.333 e. The van der Waals surface area contributed by atoms with Crippen LogP contribution < -0.4 is 15.8 Å². The van der Waals surface area contributed by atoms with Crippen LogP contribution in [-0.4, -0.2) is 15.9 Å². The van der Waals surface area contributed by atoms with Crippen LogP contribution >= 0.6 is 0 Å². The van der Waals surface area contributed by atoms with Gasteiger partial charge in [0.25, 0.3) is 0 Å². The topological polar surface area (TPSA) is 13.1 Å². The van der Waals surface area contributed by atoms with Crippen LogP contribution in [-0.2, 0) is 16.2 Å². The summed E-state index contributed by atoms with van der Waals surface area (Å²) in [6, 6.07) is 64.8. The molecule has 0 spiro atoms. The van der Waals surface area contributed by atoms with Gasteiger partial charge in [0.15, 0.2) is 0 Å². The second-order valence-corrected chi connectivity index (χ2v) is 22.3. The minimum atomic E-state index is -0.134. The van der Waals surface area contributed by atoms with E-state index in [4.69, 9.17) is 0 Å². The summed E-state index contributed by atoms with van der Waals surface area (Å²) in [6.07, 6.45) is 0. The zero-order valence-electron chi connectivity index (χ0n) is 40.6. The van der Waals surface area contributed by atoms with Crippen molar-refractivity contribution in [2.45, 2.75) is 85.5 Å². The van der Waals surface area contributed by atoms with E-state index in [1.54, 1.807) is 0 Å². The highest BCUT2D eigenvalue weighted by Gasteiger charge is 2.45. The number of para-hydroxylation sites is 2. The third-order valence-corrected chi connectivity index (χ3v) is 14.9. The Morgan fingerprint density at radius 2 is 1.04 bits per heavy atom. The quantitative estimate of drug-likeness (QED) is 0.161. The third-order valence-electron chi connectivity index (χ3n) is 14.9. The molecule has 328 valence electrons. The molecule has 12 rings (SSSR count). The monoisotopic (exact) mass is 867 g/mol. The predicted octanol–water partition coefficient (Wildman–Crippen LogP) is 15.7. The van der Waals surface area contributed by atoms with Crippen molar-refractivity contribution in [3.63, 3.8) is 0 Å². The normalized spacial score (nSPS) is 13.5. The summed E-state index contributed by atoms with van der Waals surface area (Å²) in [5.41, 5.74) is 24.0. The van der Waals surface area contributed by atoms with Crippen LogP contribution in [0, 0.1) is 6.92 Å². The van der Waals surface area contributed by atoms with Crippen molar-refractivity contribution in [2.75, 3.05) is 4.90 Å². The standard InChI is InChI=1S/C63H58BN3/c1-39-21-17-18-26-46(39)57-51-35-42(62(5,6)7)34-50-49-33-43(63(8,9)10)36-56-58(49)64(67(60(50)51)59(57)40-22-13-11-14-23-40)52-37-48-47-27-19-20-28-53(47)65(44-24-15-12-16-25-44)54(48)38-55(52)66(56)45-31-29-41(30-32-45)61(2,3)4/h11-38H,1-10H3. The summed E-state index contributed by atoms with van der Waals surface area (Å²) in [7, 11) is 0. The predicted molar refractivity (Wildman–Crippen MR) is 289 cm³/mol. The van der Waals surface area contributed by atoms with E-state index in [0.29, 0.717) is 0 Å². The number of benzene rings is 8. The van der Waals surface area contributed by atoms with Gasteiger partial charge in [-0.3, -0.25) is 0 Å². The lowest BCUT2D eigenvalue weighted by Gasteiger charge is -2.42. The first kappa shape index (κ1) is 41.4. The number of hydrogen-bond donors (Lipinski definition) is 0. The van der Waals surface area contributed by atoms with E-state index < -0.39 is 0 Å². The van der Waals surface area contributed by atoms with Crippen molar-refractivity contribution >= 4 is 67.5 Å². The van der Waals surface area contributed by atoms with Gasteiger partial charge in [-0.25, -0.2) is 0 Å². The third kappa shape index (κ3) is 6.25. The fourth-order valence-corrected chi connectivity index (χ4v) is 11.3. The van der Waals surface area contributed by atoms with Crippen molar-refractivity contribution in [1.29, 1.82) is 0 Å². The molecule has 2 aliphatic heterocycles. The van der Waals surface area contributed by atoms with E-state index in [0.717, 1.165) is 5.69 Å². The Morgan fingerprint density at radius 1 is 0.433 bits per heavy atom. The van der Waals surface area contributed by atoms with Gasteiger partial charge in [-0.1, -0.05) is 178 Å². The molecule has 67 heavy (non-hydrogen) atoms. The maximum Gasteiger partial charge on any atom is 0.333 e. The van der Waals surface area contributed by atoms with Gasteiger partial charge < -0.3 is 13.9 Å². The van der Waals surface area contributed by atoms with Crippen LogP contribution in [0.3, 0.4) is 0 Å². The minimum Gasteiger partial charge on any atom is -0.375 e. The number of nitrogens with zero attached hydrogens (tertiary/aromatic N) is 3.